The van der Waals surface area contributed by atoms with Gasteiger partial charge in [-0.3, -0.25) is 4.79 Å². The number of nitrogens with one attached hydrogen (secondary N) is 1. The summed E-state index contributed by atoms with van der Waals surface area (Å²) in [6.07, 6.45) is 0.868. The second kappa shape index (κ2) is 4.39. The van der Waals surface area contributed by atoms with Gasteiger partial charge in [-0.25, -0.2) is 0 Å². The minimum atomic E-state index is 0.617. The van der Waals surface area contributed by atoms with Crippen LogP contribution in [0.2, 0.25) is 0 Å². The lowest BCUT2D eigenvalue weighted by atomic mass is 10.0. The van der Waals surface area contributed by atoms with Crippen molar-refractivity contribution in [2.24, 2.45) is 0 Å². The molecule has 0 radical (unpaired) electrons. The number of aromatic nitrogens is 1. The molecule has 1 aromatic heterocycles. The Labute approximate surface area is 120 Å². The van der Waals surface area contributed by atoms with Crippen molar-refractivity contribution in [3.8, 4) is 22.4 Å². The number of carbonyl (C=O) groups is 1. The van der Waals surface area contributed by atoms with Crippen LogP contribution in [0.3, 0.4) is 0 Å². The summed E-state index contributed by atoms with van der Waals surface area (Å²) in [5.41, 5.74) is 5.07. The molecular formula is C17H11NOS. The number of aromatic amines is 1. The zero-order valence-electron chi connectivity index (χ0n) is 10.6. The summed E-state index contributed by atoms with van der Waals surface area (Å²) in [7, 11) is 0. The maximum atomic E-state index is 11.1. The van der Waals surface area contributed by atoms with Crippen LogP contribution in [0.1, 0.15) is 10.5 Å². The number of rotatable bonds is 1. The Hall–Kier alpha value is -2.26. The van der Waals surface area contributed by atoms with Gasteiger partial charge in [-0.15, -0.1) is 0 Å². The average Bonchev–Trinajstić information content (AvgIpc) is 2.87. The topological polar surface area (TPSA) is 32.9 Å². The van der Waals surface area contributed by atoms with Gasteiger partial charge in [-0.2, -0.15) is 0 Å². The van der Waals surface area contributed by atoms with Crippen molar-refractivity contribution in [2.75, 3.05) is 0 Å². The Balaban J connectivity index is 2.11. The van der Waals surface area contributed by atoms with Gasteiger partial charge in [-0.05, 0) is 23.8 Å². The lowest BCUT2D eigenvalue weighted by Gasteiger charge is -2.05. The number of H-pyrrole nitrogens is 1. The molecule has 0 bridgehead atoms. The molecule has 2 nitrogen and oxygen atoms in total. The molecular weight excluding hydrogens is 266 g/mol. The van der Waals surface area contributed by atoms with Gasteiger partial charge < -0.3 is 4.98 Å². The van der Waals surface area contributed by atoms with Gasteiger partial charge in [0.05, 0.1) is 11.4 Å². The van der Waals surface area contributed by atoms with Crippen LogP contribution < -0.4 is 0 Å². The number of benzene rings is 2. The van der Waals surface area contributed by atoms with Crippen LogP contribution in [-0.4, -0.2) is 11.3 Å². The minimum absolute atomic E-state index is 0.617. The molecule has 0 unspecified atom stereocenters. The molecule has 3 heteroatoms. The highest BCUT2D eigenvalue weighted by Gasteiger charge is 2.21. The highest BCUT2D eigenvalue weighted by molar-refractivity contribution is 7.99. The first-order valence-corrected chi connectivity index (χ1v) is 7.23. The summed E-state index contributed by atoms with van der Waals surface area (Å²) in [6, 6.07) is 18.5. The molecule has 96 valence electrons. The van der Waals surface area contributed by atoms with Crippen molar-refractivity contribution in [1.29, 1.82) is 0 Å². The van der Waals surface area contributed by atoms with Gasteiger partial charge in [-0.1, -0.05) is 48.2 Å². The van der Waals surface area contributed by atoms with E-state index in [2.05, 4.69) is 29.2 Å². The molecule has 4 rings (SSSR count). The molecule has 0 saturated carbocycles. The van der Waals surface area contributed by atoms with Crippen molar-refractivity contribution in [3.05, 3.63) is 60.3 Å². The molecule has 0 aliphatic carbocycles. The summed E-state index contributed by atoms with van der Waals surface area (Å²) >= 11 is 1.77. The SMILES string of the molecule is O=Cc1cc2c([nH]1)-c1ccccc1Sc1ccccc1-2. The van der Waals surface area contributed by atoms with E-state index in [1.807, 2.05) is 30.3 Å². The maximum Gasteiger partial charge on any atom is 0.166 e. The Morgan fingerprint density at radius 1 is 0.850 bits per heavy atom. The molecule has 0 saturated heterocycles. The minimum Gasteiger partial charge on any atom is -0.352 e. The molecule has 3 aromatic rings. The van der Waals surface area contributed by atoms with E-state index >= 15 is 0 Å². The van der Waals surface area contributed by atoms with E-state index in [0.717, 1.165) is 23.1 Å². The highest BCUT2D eigenvalue weighted by atomic mass is 32.2. The lowest BCUT2D eigenvalue weighted by molar-refractivity contribution is 0.111. The molecule has 0 fully saturated rings. The summed E-state index contributed by atoms with van der Waals surface area (Å²) in [5, 5.41) is 0. The van der Waals surface area contributed by atoms with Gasteiger partial charge in [0, 0.05) is 20.9 Å². The fourth-order valence-electron chi connectivity index (χ4n) is 2.62. The Kier molecular flexibility index (Phi) is 2.54. The quantitative estimate of drug-likeness (QED) is 0.515. The van der Waals surface area contributed by atoms with Crippen LogP contribution in [-0.2, 0) is 0 Å². The molecule has 0 amide bonds. The second-order valence-electron chi connectivity index (χ2n) is 4.73. The highest BCUT2D eigenvalue weighted by Crippen LogP contribution is 2.47. The summed E-state index contributed by atoms with van der Waals surface area (Å²) in [4.78, 5) is 16.8. The number of fused-ring (bicyclic) bond motifs is 5. The van der Waals surface area contributed by atoms with E-state index < -0.39 is 0 Å². The smallest absolute Gasteiger partial charge is 0.166 e. The number of aldehydes is 1. The first kappa shape index (κ1) is 11.6. The zero-order chi connectivity index (χ0) is 13.5. The fourth-order valence-corrected chi connectivity index (χ4v) is 3.72. The van der Waals surface area contributed by atoms with Crippen molar-refractivity contribution < 1.29 is 4.79 Å². The van der Waals surface area contributed by atoms with Crippen LogP contribution in [0.5, 0.6) is 0 Å². The molecule has 0 spiro atoms. The average molecular weight is 277 g/mol. The molecule has 2 heterocycles. The second-order valence-corrected chi connectivity index (χ2v) is 5.81. The summed E-state index contributed by atoms with van der Waals surface area (Å²) in [6.45, 7) is 0. The third-order valence-corrected chi connectivity index (χ3v) is 4.67. The van der Waals surface area contributed by atoms with Crippen LogP contribution in [0.25, 0.3) is 22.4 Å². The molecule has 1 N–H and O–H groups in total. The van der Waals surface area contributed by atoms with Crippen molar-refractivity contribution in [1.82, 2.24) is 4.98 Å². The van der Waals surface area contributed by atoms with E-state index in [1.54, 1.807) is 11.8 Å². The lowest BCUT2D eigenvalue weighted by Crippen LogP contribution is -1.83. The summed E-state index contributed by atoms with van der Waals surface area (Å²) < 4.78 is 0. The number of carbonyl (C=O) groups excluding carboxylic acids is 1. The monoisotopic (exact) mass is 277 g/mol. The maximum absolute atomic E-state index is 11.1. The Bertz CT molecular complexity index is 756. The van der Waals surface area contributed by atoms with Gasteiger partial charge in [0.2, 0.25) is 0 Å². The van der Waals surface area contributed by atoms with E-state index in [0.29, 0.717) is 5.69 Å². The number of hydrogen-bond donors (Lipinski definition) is 1. The van der Waals surface area contributed by atoms with Crippen molar-refractivity contribution in [3.63, 3.8) is 0 Å². The molecule has 2 aromatic carbocycles. The third kappa shape index (κ3) is 1.63. The van der Waals surface area contributed by atoms with E-state index in [4.69, 9.17) is 0 Å². The van der Waals surface area contributed by atoms with Crippen LogP contribution in [0.4, 0.5) is 0 Å². The van der Waals surface area contributed by atoms with E-state index in [9.17, 15) is 4.79 Å². The molecule has 20 heavy (non-hydrogen) atoms. The van der Waals surface area contributed by atoms with Gasteiger partial charge >= 0.3 is 0 Å². The first-order valence-electron chi connectivity index (χ1n) is 6.41. The molecule has 0 atom stereocenters. The molecule has 1 aliphatic heterocycles. The van der Waals surface area contributed by atoms with E-state index in [-0.39, 0.29) is 0 Å². The predicted octanol–water partition coefficient (Wildman–Crippen LogP) is 4.63. The van der Waals surface area contributed by atoms with Crippen LogP contribution >= 0.6 is 11.8 Å². The Morgan fingerprint density at radius 2 is 1.50 bits per heavy atom. The van der Waals surface area contributed by atoms with Gasteiger partial charge in [0.25, 0.3) is 0 Å². The van der Waals surface area contributed by atoms with Crippen molar-refractivity contribution in [2.45, 2.75) is 9.79 Å². The Morgan fingerprint density at radius 3 is 2.25 bits per heavy atom. The zero-order valence-corrected chi connectivity index (χ0v) is 11.4. The predicted molar refractivity (Wildman–Crippen MR) is 81.2 cm³/mol. The van der Waals surface area contributed by atoms with Crippen LogP contribution in [0.15, 0.2) is 64.4 Å². The van der Waals surface area contributed by atoms with Gasteiger partial charge in [0.1, 0.15) is 0 Å². The fraction of sp³-hybridized carbons (Fsp3) is 0. The number of hydrogen-bond acceptors (Lipinski definition) is 2. The van der Waals surface area contributed by atoms with Crippen molar-refractivity contribution >= 4 is 18.0 Å². The normalized spacial score (nSPS) is 12.0. The largest absolute Gasteiger partial charge is 0.352 e. The first-order chi connectivity index (χ1) is 9.86. The van der Waals surface area contributed by atoms with Crippen LogP contribution in [0, 0.1) is 0 Å². The molecule has 1 aliphatic rings. The van der Waals surface area contributed by atoms with Gasteiger partial charge in [0.15, 0.2) is 6.29 Å². The third-order valence-electron chi connectivity index (χ3n) is 3.52. The summed E-state index contributed by atoms with van der Waals surface area (Å²) in [5.74, 6) is 0. The standard InChI is InChI=1S/C17H11NOS/c19-10-11-9-14-12-5-1-3-7-15(12)20-16-8-4-2-6-13(16)17(14)18-11/h1-10,18H. The van der Waals surface area contributed by atoms with E-state index in [1.165, 1.54) is 15.4 Å².